The van der Waals surface area contributed by atoms with Gasteiger partial charge < -0.3 is 15.1 Å². The van der Waals surface area contributed by atoms with Gasteiger partial charge in [0.15, 0.2) is 0 Å². The Labute approximate surface area is 264 Å². The topological polar surface area (TPSA) is 93.1 Å². The van der Waals surface area contributed by atoms with E-state index >= 15 is 0 Å². The second-order valence-corrected chi connectivity index (χ2v) is 11.9. The molecule has 2 aliphatic heterocycles. The molecule has 0 saturated carbocycles. The number of anilines is 1. The molecule has 0 aromatic heterocycles. The number of phenolic OH excluding ortho intramolecular Hbond substituents is 2. The molecular weight excluding hydrogens is 562 g/mol. The van der Waals surface area contributed by atoms with Crippen molar-refractivity contribution in [1.82, 2.24) is 10.2 Å². The van der Waals surface area contributed by atoms with E-state index in [-0.39, 0.29) is 29.2 Å². The second-order valence-electron chi connectivity index (χ2n) is 11.9. The first-order valence-electron chi connectivity index (χ1n) is 15.7. The predicted octanol–water partition coefficient (Wildman–Crippen LogP) is 6.31. The number of piperazine rings is 1. The number of nitrogens with zero attached hydrogens (tertiary/aromatic N) is 2. The van der Waals surface area contributed by atoms with E-state index in [1.165, 1.54) is 16.8 Å². The minimum Gasteiger partial charge on any atom is -0.508 e. The van der Waals surface area contributed by atoms with Gasteiger partial charge in [0.2, 0.25) is 11.8 Å². The predicted molar refractivity (Wildman–Crippen MR) is 178 cm³/mol. The number of hydrogen-bond acceptors (Lipinski definition) is 6. The Hall–Kier alpha value is -4.88. The van der Waals surface area contributed by atoms with Crippen molar-refractivity contribution in [2.45, 2.75) is 38.6 Å². The first-order valence-corrected chi connectivity index (χ1v) is 15.7. The van der Waals surface area contributed by atoms with Crippen LogP contribution in [0.3, 0.4) is 0 Å². The Bertz CT molecular complexity index is 1670. The molecule has 2 saturated heterocycles. The summed E-state index contributed by atoms with van der Waals surface area (Å²) in [5.74, 6) is -0.151. The maximum Gasteiger partial charge on any atom is 0.234 e. The Kier molecular flexibility index (Phi) is 8.98. The fraction of sp³-hybridized carbons (Fsp3) is 0.263. The van der Waals surface area contributed by atoms with E-state index in [0.717, 1.165) is 67.0 Å². The summed E-state index contributed by atoms with van der Waals surface area (Å²) in [5, 5.41) is 22.2. The number of imide groups is 1. The van der Waals surface area contributed by atoms with E-state index in [0.29, 0.717) is 12.8 Å². The highest BCUT2D eigenvalue weighted by molar-refractivity contribution is 6.01. The molecule has 1 atom stereocenters. The minimum atomic E-state index is -0.249. The van der Waals surface area contributed by atoms with Crippen molar-refractivity contribution in [1.29, 1.82) is 0 Å². The second kappa shape index (κ2) is 13.4. The number of rotatable bonds is 8. The zero-order valence-electron chi connectivity index (χ0n) is 25.6. The lowest BCUT2D eigenvalue weighted by Crippen LogP contribution is -2.45. The summed E-state index contributed by atoms with van der Waals surface area (Å²) >= 11 is 0. The number of carbonyl (C=O) groups excluding carboxylic acids is 2. The van der Waals surface area contributed by atoms with E-state index < -0.39 is 0 Å². The van der Waals surface area contributed by atoms with Crippen LogP contribution in [0.2, 0.25) is 0 Å². The van der Waals surface area contributed by atoms with Gasteiger partial charge in [0.25, 0.3) is 0 Å². The van der Waals surface area contributed by atoms with Gasteiger partial charge in [0.05, 0.1) is 5.92 Å². The van der Waals surface area contributed by atoms with Crippen LogP contribution in [0.25, 0.3) is 11.1 Å². The smallest absolute Gasteiger partial charge is 0.234 e. The summed E-state index contributed by atoms with van der Waals surface area (Å²) in [6, 6.07) is 31.7. The SMILES string of the molecule is CCC(=C(c1ccc(O)cc1)c1ccc(N2CCN(Cc3ccc(C4CCC(=O)NC4=O)cc3)CC2)cc1)c1ccc(O)cc1. The van der Waals surface area contributed by atoms with E-state index in [1.807, 2.05) is 36.4 Å². The maximum atomic E-state index is 12.2. The molecule has 0 spiro atoms. The van der Waals surface area contributed by atoms with E-state index in [1.54, 1.807) is 24.3 Å². The molecule has 7 heteroatoms. The van der Waals surface area contributed by atoms with Crippen molar-refractivity contribution in [2.24, 2.45) is 0 Å². The molecule has 0 aliphatic carbocycles. The quantitative estimate of drug-likeness (QED) is 0.162. The Balaban J connectivity index is 1.13. The molecule has 6 rings (SSSR count). The van der Waals surface area contributed by atoms with E-state index in [4.69, 9.17) is 0 Å². The molecule has 4 aromatic rings. The van der Waals surface area contributed by atoms with Gasteiger partial charge in [0.1, 0.15) is 11.5 Å². The molecule has 0 bridgehead atoms. The average Bonchev–Trinajstić information content (AvgIpc) is 3.06. The van der Waals surface area contributed by atoms with E-state index in [2.05, 4.69) is 58.4 Å². The van der Waals surface area contributed by atoms with Crippen molar-refractivity contribution in [2.75, 3.05) is 31.1 Å². The van der Waals surface area contributed by atoms with Crippen molar-refractivity contribution in [3.8, 4) is 11.5 Å². The first kappa shape index (κ1) is 30.2. The van der Waals surface area contributed by atoms with Crippen LogP contribution >= 0.6 is 0 Å². The van der Waals surface area contributed by atoms with Gasteiger partial charge in [-0.3, -0.25) is 19.8 Å². The van der Waals surface area contributed by atoms with Crippen LogP contribution in [-0.4, -0.2) is 53.1 Å². The highest BCUT2D eigenvalue weighted by Crippen LogP contribution is 2.36. The highest BCUT2D eigenvalue weighted by atomic mass is 16.3. The van der Waals surface area contributed by atoms with Crippen LogP contribution in [-0.2, 0) is 16.1 Å². The molecule has 1 unspecified atom stereocenters. The molecule has 4 aromatic carbocycles. The number of carbonyl (C=O) groups is 2. The van der Waals surface area contributed by atoms with Crippen LogP contribution in [0.4, 0.5) is 5.69 Å². The van der Waals surface area contributed by atoms with Crippen molar-refractivity contribution < 1.29 is 19.8 Å². The Morgan fingerprint density at radius 1 is 0.733 bits per heavy atom. The van der Waals surface area contributed by atoms with Gasteiger partial charge in [0, 0.05) is 44.8 Å². The molecule has 2 fully saturated rings. The summed E-state index contributed by atoms with van der Waals surface area (Å²) < 4.78 is 0. The third-order valence-corrected chi connectivity index (χ3v) is 8.95. The molecule has 3 N–H and O–H groups in total. The van der Waals surface area contributed by atoms with Crippen molar-refractivity contribution in [3.63, 3.8) is 0 Å². The third-order valence-electron chi connectivity index (χ3n) is 8.95. The number of aromatic hydroxyl groups is 2. The Morgan fingerprint density at radius 3 is 1.84 bits per heavy atom. The third kappa shape index (κ3) is 6.94. The molecule has 7 nitrogen and oxygen atoms in total. The number of benzene rings is 4. The monoisotopic (exact) mass is 601 g/mol. The fourth-order valence-corrected chi connectivity index (χ4v) is 6.46. The van der Waals surface area contributed by atoms with Crippen LogP contribution in [0.5, 0.6) is 11.5 Å². The number of allylic oxidation sites excluding steroid dienone is 1. The molecule has 0 radical (unpaired) electrons. The normalized spacial score (nSPS) is 18.0. The summed E-state index contributed by atoms with van der Waals surface area (Å²) in [7, 11) is 0. The van der Waals surface area contributed by atoms with Gasteiger partial charge in [-0.1, -0.05) is 67.6 Å². The average molecular weight is 602 g/mol. The molecule has 2 amide bonds. The van der Waals surface area contributed by atoms with Crippen LogP contribution in [0.1, 0.15) is 59.9 Å². The molecule has 230 valence electrons. The van der Waals surface area contributed by atoms with Gasteiger partial charge in [-0.25, -0.2) is 0 Å². The summed E-state index contributed by atoms with van der Waals surface area (Å²) in [6.07, 6.45) is 1.77. The lowest BCUT2D eigenvalue weighted by atomic mass is 9.88. The number of phenols is 2. The molecule has 2 heterocycles. The zero-order chi connectivity index (χ0) is 31.3. The largest absolute Gasteiger partial charge is 0.508 e. The van der Waals surface area contributed by atoms with Gasteiger partial charge >= 0.3 is 0 Å². The summed E-state index contributed by atoms with van der Waals surface area (Å²) in [5.41, 5.74) is 8.87. The van der Waals surface area contributed by atoms with Crippen LogP contribution in [0, 0.1) is 0 Å². The number of amides is 2. The Morgan fingerprint density at radius 2 is 1.29 bits per heavy atom. The van der Waals surface area contributed by atoms with Crippen LogP contribution in [0.15, 0.2) is 97.1 Å². The van der Waals surface area contributed by atoms with E-state index in [9.17, 15) is 19.8 Å². The van der Waals surface area contributed by atoms with Crippen LogP contribution < -0.4 is 10.2 Å². The van der Waals surface area contributed by atoms with Gasteiger partial charge in [-0.05, 0) is 88.2 Å². The van der Waals surface area contributed by atoms with Gasteiger partial charge in [-0.15, -0.1) is 0 Å². The maximum absolute atomic E-state index is 12.2. The van der Waals surface area contributed by atoms with Gasteiger partial charge in [-0.2, -0.15) is 0 Å². The highest BCUT2D eigenvalue weighted by Gasteiger charge is 2.28. The number of piperidine rings is 1. The standard InChI is InChI=1S/C38H39N3O4/c1-2-34(27-9-15-32(42)16-10-27)37(30-11-17-33(43)18-12-30)29-7-13-31(14-8-29)41-23-21-40(22-24-41)25-26-3-5-28(6-4-26)35-19-20-36(44)39-38(35)45/h3-18,35,42-43H,2,19-25H2,1H3,(H,39,44,45). The number of hydrogen-bond donors (Lipinski definition) is 3. The van der Waals surface area contributed by atoms with Crippen molar-refractivity contribution in [3.05, 3.63) is 125 Å². The lowest BCUT2D eigenvalue weighted by molar-refractivity contribution is -0.134. The number of nitrogens with one attached hydrogen (secondary N) is 1. The summed E-state index contributed by atoms with van der Waals surface area (Å²) in [4.78, 5) is 28.6. The lowest BCUT2D eigenvalue weighted by Gasteiger charge is -2.36. The first-order chi connectivity index (χ1) is 21.9. The summed E-state index contributed by atoms with van der Waals surface area (Å²) in [6.45, 7) is 6.78. The van der Waals surface area contributed by atoms with Crippen molar-refractivity contribution >= 4 is 28.6 Å². The fourth-order valence-electron chi connectivity index (χ4n) is 6.46. The molecule has 45 heavy (non-hydrogen) atoms. The molecular formula is C38H39N3O4. The zero-order valence-corrected chi connectivity index (χ0v) is 25.6. The minimum absolute atomic E-state index is 0.185. The molecule has 2 aliphatic rings.